The van der Waals surface area contributed by atoms with Crippen LogP contribution in [-0.2, 0) is 0 Å². The molecule has 0 radical (unpaired) electrons. The molecule has 1 unspecified atom stereocenters. The lowest BCUT2D eigenvalue weighted by Crippen LogP contribution is -2.20. The van der Waals surface area contributed by atoms with Gasteiger partial charge in [-0.25, -0.2) is 4.98 Å². The highest BCUT2D eigenvalue weighted by Gasteiger charge is 2.17. The number of nitrogens with zero attached hydrogens (tertiary/aromatic N) is 2. The fourth-order valence-electron chi connectivity index (χ4n) is 3.14. The molecule has 6 nitrogen and oxygen atoms in total. The first kappa shape index (κ1) is 19.9. The minimum atomic E-state index is -0.298. The summed E-state index contributed by atoms with van der Waals surface area (Å²) < 4.78 is 7.97. The normalized spacial score (nSPS) is 12.4. The van der Waals surface area contributed by atoms with Crippen molar-refractivity contribution in [3.05, 3.63) is 53.9 Å². The minimum Gasteiger partial charge on any atom is -0.488 e. The monoisotopic (exact) mass is 381 g/mol. The van der Waals surface area contributed by atoms with E-state index in [1.165, 1.54) is 0 Å². The van der Waals surface area contributed by atoms with Crippen molar-refractivity contribution in [1.29, 1.82) is 0 Å². The van der Waals surface area contributed by atoms with Gasteiger partial charge in [0.2, 0.25) is 0 Å². The van der Waals surface area contributed by atoms with Crippen LogP contribution >= 0.6 is 0 Å². The molecule has 1 amide bonds. The molecule has 0 aliphatic heterocycles. The number of nitrogens with one attached hydrogen (secondary N) is 1. The molecule has 1 aromatic heterocycles. The van der Waals surface area contributed by atoms with Crippen molar-refractivity contribution < 1.29 is 14.6 Å². The summed E-state index contributed by atoms with van der Waals surface area (Å²) in [6.07, 6.45) is 2.15. The van der Waals surface area contributed by atoms with Crippen molar-refractivity contribution in [2.75, 3.05) is 11.9 Å². The molecule has 0 fully saturated rings. The predicted octanol–water partition coefficient (Wildman–Crippen LogP) is 4.33. The summed E-state index contributed by atoms with van der Waals surface area (Å²) in [5, 5.41) is 12.5. The topological polar surface area (TPSA) is 76.4 Å². The smallest absolute Gasteiger partial charge is 0.255 e. The maximum atomic E-state index is 12.8. The van der Waals surface area contributed by atoms with E-state index < -0.39 is 0 Å². The third-order valence-corrected chi connectivity index (χ3v) is 4.81. The number of aliphatic hydroxyl groups is 1. The minimum absolute atomic E-state index is 0.0666. The van der Waals surface area contributed by atoms with Gasteiger partial charge in [-0.3, -0.25) is 4.79 Å². The molecule has 2 N–H and O–H groups in total. The highest BCUT2D eigenvalue weighted by Crippen LogP contribution is 2.31. The van der Waals surface area contributed by atoms with Gasteiger partial charge in [-0.15, -0.1) is 0 Å². The van der Waals surface area contributed by atoms with Crippen LogP contribution in [-0.4, -0.2) is 33.3 Å². The molecule has 6 heteroatoms. The van der Waals surface area contributed by atoms with Crippen LogP contribution in [0.4, 0.5) is 5.69 Å². The number of ether oxygens (including phenoxy) is 1. The Labute approximate surface area is 165 Å². The second kappa shape index (κ2) is 8.44. The van der Waals surface area contributed by atoms with Gasteiger partial charge in [0.1, 0.15) is 17.4 Å². The van der Waals surface area contributed by atoms with E-state index in [-0.39, 0.29) is 24.7 Å². The molecule has 0 saturated heterocycles. The lowest BCUT2D eigenvalue weighted by Gasteiger charge is -2.17. The van der Waals surface area contributed by atoms with Crippen molar-refractivity contribution >= 4 is 22.6 Å². The van der Waals surface area contributed by atoms with Crippen molar-refractivity contribution in [2.45, 2.75) is 46.3 Å². The molecular formula is C22H27N3O3. The van der Waals surface area contributed by atoms with Crippen LogP contribution in [0.5, 0.6) is 5.75 Å². The van der Waals surface area contributed by atoms with Gasteiger partial charge < -0.3 is 19.7 Å². The van der Waals surface area contributed by atoms with Crippen LogP contribution in [0, 0.1) is 6.92 Å². The van der Waals surface area contributed by atoms with Crippen molar-refractivity contribution in [2.24, 2.45) is 0 Å². The first-order chi connectivity index (χ1) is 13.4. The molecule has 2 aromatic carbocycles. The number of hydrogen-bond acceptors (Lipinski definition) is 4. The fourth-order valence-corrected chi connectivity index (χ4v) is 3.14. The first-order valence-electron chi connectivity index (χ1n) is 9.59. The van der Waals surface area contributed by atoms with E-state index in [1.807, 2.05) is 42.7 Å². The highest BCUT2D eigenvalue weighted by molar-refractivity contribution is 6.09. The van der Waals surface area contributed by atoms with E-state index in [0.29, 0.717) is 28.9 Å². The maximum absolute atomic E-state index is 12.8. The number of aromatic nitrogens is 2. The molecule has 0 aliphatic rings. The van der Waals surface area contributed by atoms with Gasteiger partial charge >= 0.3 is 0 Å². The zero-order chi connectivity index (χ0) is 20.3. The average molecular weight is 381 g/mol. The molecule has 148 valence electrons. The quantitative estimate of drug-likeness (QED) is 0.639. The summed E-state index contributed by atoms with van der Waals surface area (Å²) >= 11 is 0. The van der Waals surface area contributed by atoms with E-state index in [2.05, 4.69) is 24.1 Å². The Bertz CT molecular complexity index is 974. The van der Waals surface area contributed by atoms with Crippen LogP contribution in [0.1, 0.15) is 49.2 Å². The Morgan fingerprint density at radius 3 is 2.68 bits per heavy atom. The summed E-state index contributed by atoms with van der Waals surface area (Å²) in [5.74, 6) is 0.403. The maximum Gasteiger partial charge on any atom is 0.255 e. The Morgan fingerprint density at radius 1 is 1.29 bits per heavy atom. The van der Waals surface area contributed by atoms with Gasteiger partial charge in [0.15, 0.2) is 0 Å². The Balaban J connectivity index is 2.04. The summed E-state index contributed by atoms with van der Waals surface area (Å²) in [5.41, 5.74) is 3.70. The van der Waals surface area contributed by atoms with Gasteiger partial charge in [-0.2, -0.15) is 0 Å². The average Bonchev–Trinajstić information content (AvgIpc) is 3.11. The number of carbonyl (C=O) groups excluding carboxylic acids is 1. The summed E-state index contributed by atoms with van der Waals surface area (Å²) in [4.78, 5) is 17.4. The third kappa shape index (κ3) is 4.02. The van der Waals surface area contributed by atoms with Gasteiger partial charge in [0.25, 0.3) is 5.91 Å². The summed E-state index contributed by atoms with van der Waals surface area (Å²) in [6.45, 7) is 7.94. The van der Waals surface area contributed by atoms with Gasteiger partial charge in [0.05, 0.1) is 24.1 Å². The molecule has 1 heterocycles. The van der Waals surface area contributed by atoms with E-state index in [4.69, 9.17) is 4.74 Å². The summed E-state index contributed by atoms with van der Waals surface area (Å²) in [6, 6.07) is 11.3. The van der Waals surface area contributed by atoms with Crippen molar-refractivity contribution in [3.63, 3.8) is 0 Å². The molecular weight excluding hydrogens is 354 g/mol. The number of aliphatic hydroxyl groups excluding tert-OH is 1. The zero-order valence-corrected chi connectivity index (χ0v) is 16.8. The van der Waals surface area contributed by atoms with E-state index in [1.54, 1.807) is 18.5 Å². The number of hydrogen-bond donors (Lipinski definition) is 2. The fraction of sp³-hybridized carbons (Fsp3) is 0.364. The van der Waals surface area contributed by atoms with Crippen LogP contribution in [0.2, 0.25) is 0 Å². The predicted molar refractivity (Wildman–Crippen MR) is 111 cm³/mol. The van der Waals surface area contributed by atoms with Crippen LogP contribution in [0.15, 0.2) is 42.7 Å². The largest absolute Gasteiger partial charge is 0.488 e. The number of rotatable bonds is 7. The van der Waals surface area contributed by atoms with E-state index in [0.717, 1.165) is 11.1 Å². The Morgan fingerprint density at radius 2 is 2.04 bits per heavy atom. The first-order valence-corrected chi connectivity index (χ1v) is 9.59. The van der Waals surface area contributed by atoms with Crippen molar-refractivity contribution in [3.8, 4) is 5.75 Å². The van der Waals surface area contributed by atoms with Gasteiger partial charge in [-0.1, -0.05) is 25.1 Å². The van der Waals surface area contributed by atoms with Crippen LogP contribution < -0.4 is 10.1 Å². The molecule has 3 rings (SSSR count). The molecule has 0 aliphatic carbocycles. The van der Waals surface area contributed by atoms with Gasteiger partial charge in [0, 0.05) is 23.7 Å². The van der Waals surface area contributed by atoms with Gasteiger partial charge in [-0.05, 0) is 38.8 Å². The van der Waals surface area contributed by atoms with E-state index in [9.17, 15) is 9.90 Å². The van der Waals surface area contributed by atoms with Crippen molar-refractivity contribution in [1.82, 2.24) is 9.55 Å². The van der Waals surface area contributed by atoms with E-state index >= 15 is 0 Å². The number of carbonyl (C=O) groups is 1. The van der Waals surface area contributed by atoms with Crippen LogP contribution in [0.25, 0.3) is 11.0 Å². The number of aryl methyl sites for hydroxylation is 1. The lowest BCUT2D eigenvalue weighted by atomic mass is 10.1. The number of fused-ring (bicyclic) bond motifs is 1. The number of benzene rings is 2. The summed E-state index contributed by atoms with van der Waals surface area (Å²) in [7, 11) is 0. The Kier molecular flexibility index (Phi) is 5.99. The SMILES string of the molecule is CCC(CO)Oc1cc(NC(=O)c2ccccc2C)c2ncn(C(C)C)c2c1. The standard InChI is InChI=1S/C22H27N3O3/c1-5-16(12-26)28-17-10-19(21-20(11-17)25(13-23-21)14(2)3)24-22(27)18-9-7-6-8-15(18)4/h6-11,13-14,16,26H,5,12H2,1-4H3,(H,24,27). The number of anilines is 1. The molecule has 1 atom stereocenters. The third-order valence-electron chi connectivity index (χ3n) is 4.81. The molecule has 0 spiro atoms. The molecule has 0 bridgehead atoms. The van der Waals surface area contributed by atoms with Crippen LogP contribution in [0.3, 0.4) is 0 Å². The lowest BCUT2D eigenvalue weighted by molar-refractivity contribution is 0.102. The molecule has 3 aromatic rings. The Hall–Kier alpha value is -2.86. The molecule has 0 saturated carbocycles. The zero-order valence-electron chi connectivity index (χ0n) is 16.8. The number of imidazole rings is 1. The highest BCUT2D eigenvalue weighted by atomic mass is 16.5. The number of amides is 1. The second-order valence-corrected chi connectivity index (χ2v) is 7.18. The molecule has 28 heavy (non-hydrogen) atoms. The second-order valence-electron chi connectivity index (χ2n) is 7.18.